The summed E-state index contributed by atoms with van der Waals surface area (Å²) in [6.45, 7) is 3.78. The number of hydrogen-bond acceptors (Lipinski definition) is 3. The van der Waals surface area contributed by atoms with Crippen molar-refractivity contribution in [3.63, 3.8) is 0 Å². The van der Waals surface area contributed by atoms with Crippen LogP contribution in [0.15, 0.2) is 34.9 Å². The van der Waals surface area contributed by atoms with Crippen molar-refractivity contribution in [3.8, 4) is 0 Å². The minimum Gasteiger partial charge on any atom is -0.469 e. The summed E-state index contributed by atoms with van der Waals surface area (Å²) < 4.78 is 18.5. The molecule has 2 rings (SSSR count). The van der Waals surface area contributed by atoms with Gasteiger partial charge in [0, 0.05) is 5.56 Å². The number of nitrogens with one attached hydrogen (secondary N) is 1. The van der Waals surface area contributed by atoms with E-state index < -0.39 is 0 Å². The van der Waals surface area contributed by atoms with E-state index in [0.717, 1.165) is 22.5 Å². The third-order valence-electron chi connectivity index (χ3n) is 2.93. The van der Waals surface area contributed by atoms with E-state index in [-0.39, 0.29) is 11.9 Å². The summed E-state index contributed by atoms with van der Waals surface area (Å²) in [5.74, 6) is 6.07. The van der Waals surface area contributed by atoms with Crippen LogP contribution < -0.4 is 11.3 Å². The molecule has 0 bridgehead atoms. The molecular weight excluding hydrogens is 219 g/mol. The molecule has 3 nitrogen and oxygen atoms in total. The molecule has 0 fully saturated rings. The predicted molar refractivity (Wildman–Crippen MR) is 63.7 cm³/mol. The van der Waals surface area contributed by atoms with Crippen LogP contribution in [0.1, 0.15) is 28.5 Å². The van der Waals surface area contributed by atoms with Crippen molar-refractivity contribution < 1.29 is 8.81 Å². The van der Waals surface area contributed by atoms with Gasteiger partial charge in [0.15, 0.2) is 0 Å². The summed E-state index contributed by atoms with van der Waals surface area (Å²) in [5.41, 5.74) is 5.42. The number of furan rings is 1. The molecule has 90 valence electrons. The van der Waals surface area contributed by atoms with Crippen LogP contribution >= 0.6 is 0 Å². The lowest BCUT2D eigenvalue weighted by atomic mass is 9.96. The highest BCUT2D eigenvalue weighted by Crippen LogP contribution is 2.27. The van der Waals surface area contributed by atoms with E-state index in [0.29, 0.717) is 0 Å². The van der Waals surface area contributed by atoms with Crippen LogP contribution in [0.2, 0.25) is 0 Å². The lowest BCUT2D eigenvalue weighted by molar-refractivity contribution is 0.519. The van der Waals surface area contributed by atoms with E-state index >= 15 is 0 Å². The van der Waals surface area contributed by atoms with Gasteiger partial charge in [-0.3, -0.25) is 5.84 Å². The Labute approximate surface area is 99.4 Å². The van der Waals surface area contributed by atoms with Crippen LogP contribution in [-0.2, 0) is 0 Å². The zero-order valence-corrected chi connectivity index (χ0v) is 9.83. The molecule has 0 amide bonds. The third kappa shape index (κ3) is 2.23. The number of halogens is 1. The van der Waals surface area contributed by atoms with Crippen molar-refractivity contribution in [1.82, 2.24) is 5.43 Å². The number of nitrogens with two attached hydrogens (primary N) is 1. The van der Waals surface area contributed by atoms with Crippen LogP contribution in [0.3, 0.4) is 0 Å². The minimum absolute atomic E-state index is 0.260. The first-order valence-electron chi connectivity index (χ1n) is 5.39. The Hall–Kier alpha value is -1.65. The molecule has 1 aromatic carbocycles. The van der Waals surface area contributed by atoms with Gasteiger partial charge in [-0.25, -0.2) is 9.82 Å². The Morgan fingerprint density at radius 3 is 2.59 bits per heavy atom. The summed E-state index contributed by atoms with van der Waals surface area (Å²) in [5, 5.41) is 0. The Morgan fingerprint density at radius 1 is 1.24 bits per heavy atom. The lowest BCUT2D eigenvalue weighted by Gasteiger charge is -2.18. The van der Waals surface area contributed by atoms with Crippen molar-refractivity contribution in [1.29, 1.82) is 0 Å². The normalized spacial score (nSPS) is 12.7. The molecule has 4 heteroatoms. The largest absolute Gasteiger partial charge is 0.469 e. The fourth-order valence-electron chi connectivity index (χ4n) is 1.96. The molecule has 17 heavy (non-hydrogen) atoms. The fourth-order valence-corrected chi connectivity index (χ4v) is 1.96. The smallest absolute Gasteiger partial charge is 0.123 e. The second-order valence-electron chi connectivity index (χ2n) is 4.03. The minimum atomic E-state index is -0.271. The van der Waals surface area contributed by atoms with Crippen LogP contribution in [0, 0.1) is 19.7 Å². The van der Waals surface area contributed by atoms with Crippen molar-refractivity contribution in [2.24, 2.45) is 5.84 Å². The summed E-state index contributed by atoms with van der Waals surface area (Å²) in [7, 11) is 0. The van der Waals surface area contributed by atoms with Crippen molar-refractivity contribution >= 4 is 0 Å². The van der Waals surface area contributed by atoms with Crippen LogP contribution in [0.25, 0.3) is 0 Å². The molecule has 3 N–H and O–H groups in total. The second-order valence-corrected chi connectivity index (χ2v) is 4.03. The van der Waals surface area contributed by atoms with Crippen molar-refractivity contribution in [3.05, 3.63) is 58.8 Å². The highest BCUT2D eigenvalue weighted by Gasteiger charge is 2.18. The highest BCUT2D eigenvalue weighted by atomic mass is 19.1. The molecule has 0 aliphatic carbocycles. The predicted octanol–water partition coefficient (Wildman–Crippen LogP) is 2.59. The molecule has 1 aromatic heterocycles. The number of hydrogen-bond donors (Lipinski definition) is 2. The Balaban J connectivity index is 2.49. The molecule has 1 unspecified atom stereocenters. The van der Waals surface area contributed by atoms with Crippen LogP contribution in [-0.4, -0.2) is 0 Å². The summed E-state index contributed by atoms with van der Waals surface area (Å²) >= 11 is 0. The summed E-state index contributed by atoms with van der Waals surface area (Å²) in [4.78, 5) is 0. The van der Waals surface area contributed by atoms with Gasteiger partial charge in [-0.1, -0.05) is 6.07 Å². The van der Waals surface area contributed by atoms with Crippen molar-refractivity contribution in [2.75, 3.05) is 0 Å². The van der Waals surface area contributed by atoms with Gasteiger partial charge in [-0.2, -0.15) is 0 Å². The first-order valence-corrected chi connectivity index (χ1v) is 5.39. The monoisotopic (exact) mass is 234 g/mol. The Kier molecular flexibility index (Phi) is 3.26. The number of benzene rings is 1. The maximum Gasteiger partial charge on any atom is 0.123 e. The molecule has 0 radical (unpaired) electrons. The van der Waals surface area contributed by atoms with E-state index in [1.54, 1.807) is 12.3 Å². The molecule has 1 heterocycles. The fraction of sp³-hybridized carbons (Fsp3) is 0.231. The molecule has 0 aliphatic heterocycles. The number of hydrazine groups is 1. The van der Waals surface area contributed by atoms with Gasteiger partial charge in [0.2, 0.25) is 0 Å². The molecule has 1 atom stereocenters. The Morgan fingerprint density at radius 2 is 2.00 bits per heavy atom. The lowest BCUT2D eigenvalue weighted by Crippen LogP contribution is -2.29. The summed E-state index contributed by atoms with van der Waals surface area (Å²) in [6, 6.07) is 6.25. The zero-order valence-electron chi connectivity index (χ0n) is 9.83. The van der Waals surface area contributed by atoms with Crippen LogP contribution in [0.4, 0.5) is 4.39 Å². The maximum absolute atomic E-state index is 13.3. The van der Waals surface area contributed by atoms with Crippen LogP contribution in [0.5, 0.6) is 0 Å². The summed E-state index contributed by atoms with van der Waals surface area (Å²) in [6.07, 6.45) is 1.60. The van der Waals surface area contributed by atoms with Gasteiger partial charge in [0.25, 0.3) is 0 Å². The number of rotatable bonds is 3. The topological polar surface area (TPSA) is 51.2 Å². The average molecular weight is 234 g/mol. The zero-order chi connectivity index (χ0) is 12.4. The van der Waals surface area contributed by atoms with Gasteiger partial charge in [0.1, 0.15) is 11.6 Å². The van der Waals surface area contributed by atoms with Gasteiger partial charge < -0.3 is 4.42 Å². The molecular formula is C13H15FN2O. The molecule has 0 saturated heterocycles. The van der Waals surface area contributed by atoms with Gasteiger partial charge in [-0.15, -0.1) is 0 Å². The Bertz CT molecular complexity index is 522. The third-order valence-corrected chi connectivity index (χ3v) is 2.93. The molecule has 0 spiro atoms. The van der Waals surface area contributed by atoms with Gasteiger partial charge >= 0.3 is 0 Å². The number of aryl methyl sites for hydroxylation is 2. The average Bonchev–Trinajstić information content (AvgIpc) is 2.71. The standard InChI is InChI=1S/C13H15FN2O/c1-8-3-4-10(14)7-12(8)13(16-15)11-5-6-17-9(11)2/h3-7,13,16H,15H2,1-2H3. The van der Waals surface area contributed by atoms with E-state index in [2.05, 4.69) is 5.43 Å². The molecule has 0 saturated carbocycles. The van der Waals surface area contributed by atoms with Crippen molar-refractivity contribution in [2.45, 2.75) is 19.9 Å². The second kappa shape index (κ2) is 4.69. The molecule has 2 aromatic rings. The first kappa shape index (κ1) is 11.8. The van der Waals surface area contributed by atoms with Gasteiger partial charge in [0.05, 0.1) is 12.3 Å². The highest BCUT2D eigenvalue weighted by molar-refractivity contribution is 5.37. The first-order chi connectivity index (χ1) is 8.13. The van der Waals surface area contributed by atoms with E-state index in [1.165, 1.54) is 12.1 Å². The van der Waals surface area contributed by atoms with Gasteiger partial charge in [-0.05, 0) is 43.2 Å². The quantitative estimate of drug-likeness (QED) is 0.634. The van der Waals surface area contributed by atoms with E-state index in [9.17, 15) is 4.39 Å². The van der Waals surface area contributed by atoms with E-state index in [4.69, 9.17) is 10.3 Å². The molecule has 0 aliphatic rings. The van der Waals surface area contributed by atoms with E-state index in [1.807, 2.05) is 19.9 Å². The SMILES string of the molecule is Cc1ccc(F)cc1C(NN)c1ccoc1C. The maximum atomic E-state index is 13.3.